The summed E-state index contributed by atoms with van der Waals surface area (Å²) < 4.78 is 5.16. The fourth-order valence-electron chi connectivity index (χ4n) is 1.87. The molecule has 1 rings (SSSR count). The Morgan fingerprint density at radius 1 is 1.23 bits per heavy atom. The third-order valence-electron chi connectivity index (χ3n) is 3.23. The molecule has 0 aliphatic carbocycles. The van der Waals surface area contributed by atoms with Crippen molar-refractivity contribution in [1.82, 2.24) is 0 Å². The molecule has 5 nitrogen and oxygen atoms in total. The van der Waals surface area contributed by atoms with E-state index in [1.807, 2.05) is 12.1 Å². The van der Waals surface area contributed by atoms with Crippen LogP contribution in [-0.2, 0) is 20.9 Å². The van der Waals surface area contributed by atoms with Crippen LogP contribution in [0.15, 0.2) is 24.3 Å². The molecule has 0 aromatic heterocycles. The van der Waals surface area contributed by atoms with Gasteiger partial charge in [-0.15, -0.1) is 6.42 Å². The molecule has 0 bridgehead atoms. The van der Waals surface area contributed by atoms with Crippen LogP contribution in [0.5, 0.6) is 0 Å². The van der Waals surface area contributed by atoms with Crippen molar-refractivity contribution in [2.45, 2.75) is 44.8 Å². The molecule has 0 aliphatic rings. The molecule has 3 N–H and O–H groups in total. The summed E-state index contributed by atoms with van der Waals surface area (Å²) in [4.78, 5) is 22.1. The summed E-state index contributed by atoms with van der Waals surface area (Å²) in [7, 11) is 0. The predicted octanol–water partition coefficient (Wildman–Crippen LogP) is 2.07. The quantitative estimate of drug-likeness (QED) is 0.414. The zero-order chi connectivity index (χ0) is 16.4. The molecule has 0 amide bonds. The second kappa shape index (κ2) is 9.59. The first kappa shape index (κ1) is 17.7. The van der Waals surface area contributed by atoms with Crippen LogP contribution in [0.1, 0.15) is 43.2 Å². The molecule has 118 valence electrons. The molecular weight excluding hydrogens is 282 g/mol. The summed E-state index contributed by atoms with van der Waals surface area (Å²) in [5, 5.41) is 8.63. The fraction of sp³-hybridized carbons (Fsp3) is 0.412. The molecule has 1 aromatic carbocycles. The molecule has 5 heteroatoms. The van der Waals surface area contributed by atoms with Gasteiger partial charge in [-0.05, 0) is 30.5 Å². The van der Waals surface area contributed by atoms with E-state index in [1.165, 1.54) is 0 Å². The minimum Gasteiger partial charge on any atom is -0.480 e. The van der Waals surface area contributed by atoms with Crippen LogP contribution < -0.4 is 5.73 Å². The van der Waals surface area contributed by atoms with Crippen LogP contribution in [-0.4, -0.2) is 23.1 Å². The lowest BCUT2D eigenvalue weighted by molar-refractivity contribution is -0.145. The molecule has 0 heterocycles. The van der Waals surface area contributed by atoms with Gasteiger partial charge in [0.05, 0.1) is 0 Å². The lowest BCUT2D eigenvalue weighted by Crippen LogP contribution is -2.29. The highest BCUT2D eigenvalue weighted by Gasteiger charge is 2.10. The van der Waals surface area contributed by atoms with Crippen molar-refractivity contribution in [3.05, 3.63) is 35.4 Å². The Hall–Kier alpha value is -2.32. The van der Waals surface area contributed by atoms with Gasteiger partial charge in [0.15, 0.2) is 0 Å². The van der Waals surface area contributed by atoms with E-state index in [4.69, 9.17) is 22.0 Å². The first-order valence-electron chi connectivity index (χ1n) is 7.22. The second-order valence-electron chi connectivity index (χ2n) is 5.05. The van der Waals surface area contributed by atoms with E-state index < -0.39 is 12.0 Å². The number of esters is 1. The average Bonchev–Trinajstić information content (AvgIpc) is 2.52. The highest BCUT2D eigenvalue weighted by atomic mass is 16.5. The van der Waals surface area contributed by atoms with Crippen molar-refractivity contribution in [3.63, 3.8) is 0 Å². The minimum atomic E-state index is -0.990. The number of carbonyl (C=O) groups excluding carboxylic acids is 1. The number of nitrogens with two attached hydrogens (primary N) is 1. The van der Waals surface area contributed by atoms with E-state index in [0.717, 1.165) is 17.5 Å². The van der Waals surface area contributed by atoms with E-state index in [-0.39, 0.29) is 12.6 Å². The largest absolute Gasteiger partial charge is 0.480 e. The maximum atomic E-state index is 11.6. The van der Waals surface area contributed by atoms with Gasteiger partial charge in [-0.3, -0.25) is 9.59 Å². The molecule has 1 atom stereocenters. The molecule has 0 fully saturated rings. The summed E-state index contributed by atoms with van der Waals surface area (Å²) in [5.41, 5.74) is 7.06. The second-order valence-corrected chi connectivity index (χ2v) is 5.05. The topological polar surface area (TPSA) is 89.6 Å². The van der Waals surface area contributed by atoms with Crippen LogP contribution in [0.25, 0.3) is 0 Å². The molecule has 0 spiro atoms. The SMILES string of the molecule is C#Cc1ccc(COC(=O)CCCCC[C@H](N)C(=O)O)cc1. The van der Waals surface area contributed by atoms with E-state index in [1.54, 1.807) is 12.1 Å². The smallest absolute Gasteiger partial charge is 0.320 e. The Bertz CT molecular complexity index is 531. The molecule has 0 aliphatic heterocycles. The lowest BCUT2D eigenvalue weighted by atomic mass is 10.1. The molecule has 1 aromatic rings. The number of hydrogen-bond donors (Lipinski definition) is 2. The number of benzene rings is 1. The summed E-state index contributed by atoms with van der Waals surface area (Å²) in [6.45, 7) is 0.230. The van der Waals surface area contributed by atoms with Gasteiger partial charge in [0.1, 0.15) is 12.6 Å². The number of carboxylic acids is 1. The number of aliphatic carboxylic acids is 1. The Morgan fingerprint density at radius 2 is 1.91 bits per heavy atom. The molecule has 0 unspecified atom stereocenters. The van der Waals surface area contributed by atoms with Crippen LogP contribution >= 0.6 is 0 Å². The van der Waals surface area contributed by atoms with Crippen molar-refractivity contribution >= 4 is 11.9 Å². The zero-order valence-electron chi connectivity index (χ0n) is 12.5. The summed E-state index contributed by atoms with van der Waals surface area (Å²) in [6.07, 6.45) is 8.12. The third-order valence-corrected chi connectivity index (χ3v) is 3.23. The highest BCUT2D eigenvalue weighted by Crippen LogP contribution is 2.08. The number of carbonyl (C=O) groups is 2. The maximum Gasteiger partial charge on any atom is 0.320 e. The van der Waals surface area contributed by atoms with Gasteiger partial charge < -0.3 is 15.6 Å². The number of hydrogen-bond acceptors (Lipinski definition) is 4. The number of terminal acetylenes is 1. The first-order valence-corrected chi connectivity index (χ1v) is 7.22. The van der Waals surface area contributed by atoms with Gasteiger partial charge in [0.25, 0.3) is 0 Å². The molecule has 0 radical (unpaired) electrons. The number of carboxylic acid groups (broad SMARTS) is 1. The molecule has 0 saturated heterocycles. The molecule has 22 heavy (non-hydrogen) atoms. The first-order chi connectivity index (χ1) is 10.5. The Morgan fingerprint density at radius 3 is 2.50 bits per heavy atom. The number of rotatable bonds is 9. The number of ether oxygens (including phenoxy) is 1. The molecule has 0 saturated carbocycles. The fourth-order valence-corrected chi connectivity index (χ4v) is 1.87. The zero-order valence-corrected chi connectivity index (χ0v) is 12.5. The van der Waals surface area contributed by atoms with Crippen molar-refractivity contribution < 1.29 is 19.4 Å². The van der Waals surface area contributed by atoms with Gasteiger partial charge in [-0.25, -0.2) is 0 Å². The van der Waals surface area contributed by atoms with Gasteiger partial charge >= 0.3 is 11.9 Å². The normalized spacial score (nSPS) is 11.5. The van der Waals surface area contributed by atoms with E-state index in [0.29, 0.717) is 25.7 Å². The van der Waals surface area contributed by atoms with Gasteiger partial charge in [-0.1, -0.05) is 30.9 Å². The highest BCUT2D eigenvalue weighted by molar-refractivity contribution is 5.72. The van der Waals surface area contributed by atoms with Gasteiger partial charge in [-0.2, -0.15) is 0 Å². The third kappa shape index (κ3) is 6.91. The summed E-state index contributed by atoms with van der Waals surface area (Å²) >= 11 is 0. The Labute approximate surface area is 130 Å². The van der Waals surface area contributed by atoms with Gasteiger partial charge in [0, 0.05) is 12.0 Å². The monoisotopic (exact) mass is 303 g/mol. The van der Waals surface area contributed by atoms with Crippen molar-refractivity contribution in [2.75, 3.05) is 0 Å². The van der Waals surface area contributed by atoms with E-state index in [9.17, 15) is 9.59 Å². The van der Waals surface area contributed by atoms with Crippen molar-refractivity contribution in [3.8, 4) is 12.3 Å². The van der Waals surface area contributed by atoms with Crippen molar-refractivity contribution in [1.29, 1.82) is 0 Å². The predicted molar refractivity (Wildman–Crippen MR) is 82.9 cm³/mol. The van der Waals surface area contributed by atoms with Crippen LogP contribution in [0.2, 0.25) is 0 Å². The van der Waals surface area contributed by atoms with Crippen LogP contribution in [0.3, 0.4) is 0 Å². The Kier molecular flexibility index (Phi) is 7.73. The lowest BCUT2D eigenvalue weighted by Gasteiger charge is -2.07. The Balaban J connectivity index is 2.13. The van der Waals surface area contributed by atoms with Gasteiger partial charge in [0.2, 0.25) is 0 Å². The minimum absolute atomic E-state index is 0.230. The average molecular weight is 303 g/mol. The van der Waals surface area contributed by atoms with E-state index >= 15 is 0 Å². The molecular formula is C17H21NO4. The maximum absolute atomic E-state index is 11.6. The van der Waals surface area contributed by atoms with E-state index in [2.05, 4.69) is 5.92 Å². The van der Waals surface area contributed by atoms with Crippen LogP contribution in [0, 0.1) is 12.3 Å². The van der Waals surface area contributed by atoms with Crippen molar-refractivity contribution in [2.24, 2.45) is 5.73 Å². The number of unbranched alkanes of at least 4 members (excludes halogenated alkanes) is 2. The summed E-state index contributed by atoms with van der Waals surface area (Å²) in [6, 6.07) is 6.44. The van der Waals surface area contributed by atoms with Crippen LogP contribution in [0.4, 0.5) is 0 Å². The summed E-state index contributed by atoms with van der Waals surface area (Å²) in [5.74, 6) is 1.27. The standard InChI is InChI=1S/C17H21NO4/c1-2-13-8-10-14(11-9-13)12-22-16(19)7-5-3-4-6-15(18)17(20)21/h1,8-11,15H,3-7,12,18H2,(H,20,21)/t15-/m0/s1.